The molecule has 6 nitrogen and oxygen atoms in total. The van der Waals surface area contributed by atoms with Crippen LogP contribution >= 0.6 is 0 Å². The molecule has 2 aromatic rings. The number of hydrogen-bond acceptors (Lipinski definition) is 5. The van der Waals surface area contributed by atoms with Crippen molar-refractivity contribution < 1.29 is 17.6 Å². The van der Waals surface area contributed by atoms with Gasteiger partial charge in [0.2, 0.25) is 5.91 Å². The summed E-state index contributed by atoms with van der Waals surface area (Å²) in [6.07, 6.45) is 2.12. The molecule has 27 heavy (non-hydrogen) atoms. The number of amides is 1. The second-order valence-electron chi connectivity index (χ2n) is 7.36. The van der Waals surface area contributed by atoms with Crippen LogP contribution in [0, 0.1) is 20.8 Å². The lowest BCUT2D eigenvalue weighted by atomic mass is 10.1. The summed E-state index contributed by atoms with van der Waals surface area (Å²) < 4.78 is 29.2. The summed E-state index contributed by atoms with van der Waals surface area (Å²) >= 11 is 0. The fourth-order valence-electron chi connectivity index (χ4n) is 3.72. The van der Waals surface area contributed by atoms with E-state index in [4.69, 9.17) is 4.42 Å². The van der Waals surface area contributed by atoms with E-state index in [-0.39, 0.29) is 30.0 Å². The van der Waals surface area contributed by atoms with Crippen molar-refractivity contribution in [1.82, 2.24) is 4.90 Å². The SMILES string of the molecule is Cc1cc(C)c(NC(=O)CN(Cc2ccco2)C2CCS(=O)(=O)C2)c(C)c1. The summed E-state index contributed by atoms with van der Waals surface area (Å²) in [5, 5.41) is 3.00. The summed E-state index contributed by atoms with van der Waals surface area (Å²) in [5.74, 6) is 0.823. The van der Waals surface area contributed by atoms with Gasteiger partial charge in [0.05, 0.1) is 30.9 Å². The van der Waals surface area contributed by atoms with Crippen molar-refractivity contribution in [2.45, 2.75) is 39.8 Å². The molecule has 1 aromatic carbocycles. The molecule has 0 aliphatic carbocycles. The molecule has 1 unspecified atom stereocenters. The first-order chi connectivity index (χ1) is 12.7. The molecule has 1 atom stereocenters. The third-order valence-corrected chi connectivity index (χ3v) is 6.70. The van der Waals surface area contributed by atoms with Crippen LogP contribution in [0.25, 0.3) is 0 Å². The minimum Gasteiger partial charge on any atom is -0.468 e. The van der Waals surface area contributed by atoms with E-state index in [2.05, 4.69) is 5.32 Å². The predicted molar refractivity (Wildman–Crippen MR) is 105 cm³/mol. The van der Waals surface area contributed by atoms with Crippen molar-refractivity contribution in [3.8, 4) is 0 Å². The number of benzene rings is 1. The monoisotopic (exact) mass is 390 g/mol. The van der Waals surface area contributed by atoms with Gasteiger partial charge in [0.25, 0.3) is 0 Å². The summed E-state index contributed by atoms with van der Waals surface area (Å²) in [4.78, 5) is 14.6. The molecule has 1 saturated heterocycles. The lowest BCUT2D eigenvalue weighted by Crippen LogP contribution is -2.41. The van der Waals surface area contributed by atoms with E-state index in [0.29, 0.717) is 13.0 Å². The van der Waals surface area contributed by atoms with Gasteiger partial charge in [-0.25, -0.2) is 8.42 Å². The van der Waals surface area contributed by atoms with Crippen molar-refractivity contribution in [2.24, 2.45) is 0 Å². The molecule has 1 aliphatic heterocycles. The highest BCUT2D eigenvalue weighted by Gasteiger charge is 2.33. The third kappa shape index (κ3) is 4.99. The minimum atomic E-state index is -3.04. The van der Waals surface area contributed by atoms with Crippen molar-refractivity contribution in [1.29, 1.82) is 0 Å². The first-order valence-electron chi connectivity index (χ1n) is 9.08. The maximum atomic E-state index is 12.7. The fourth-order valence-corrected chi connectivity index (χ4v) is 5.48. The van der Waals surface area contributed by atoms with Gasteiger partial charge in [-0.1, -0.05) is 17.7 Å². The van der Waals surface area contributed by atoms with Crippen LogP contribution in [0.15, 0.2) is 34.9 Å². The zero-order valence-corrected chi connectivity index (χ0v) is 16.8. The van der Waals surface area contributed by atoms with E-state index in [0.717, 1.165) is 28.1 Å². The number of sulfone groups is 1. The molecule has 1 fully saturated rings. The lowest BCUT2D eigenvalue weighted by molar-refractivity contribution is -0.118. The Labute approximate surface area is 160 Å². The number of anilines is 1. The van der Waals surface area contributed by atoms with Gasteiger partial charge in [-0.15, -0.1) is 0 Å². The molecule has 1 amide bonds. The Morgan fingerprint density at radius 1 is 1.26 bits per heavy atom. The standard InChI is InChI=1S/C20H26N2O4S/c1-14-9-15(2)20(16(3)10-14)21-19(23)12-22(11-18-5-4-7-26-18)17-6-8-27(24,25)13-17/h4-5,7,9-10,17H,6,8,11-13H2,1-3H3,(H,21,23). The highest BCUT2D eigenvalue weighted by Crippen LogP contribution is 2.23. The van der Waals surface area contributed by atoms with Gasteiger partial charge in [0, 0.05) is 11.7 Å². The molecule has 0 saturated carbocycles. The van der Waals surface area contributed by atoms with Crippen LogP contribution in [0.1, 0.15) is 28.9 Å². The van der Waals surface area contributed by atoms with Crippen molar-refractivity contribution in [3.05, 3.63) is 53.0 Å². The summed E-state index contributed by atoms with van der Waals surface area (Å²) in [5.41, 5.74) is 4.00. The van der Waals surface area contributed by atoms with E-state index >= 15 is 0 Å². The van der Waals surface area contributed by atoms with Crippen molar-refractivity contribution >= 4 is 21.4 Å². The number of rotatable bonds is 6. The molecule has 1 aliphatic rings. The van der Waals surface area contributed by atoms with Crippen LogP contribution in [0.3, 0.4) is 0 Å². The van der Waals surface area contributed by atoms with E-state index in [9.17, 15) is 13.2 Å². The Kier molecular flexibility index (Phi) is 5.72. The second-order valence-corrected chi connectivity index (χ2v) is 9.59. The summed E-state index contributed by atoms with van der Waals surface area (Å²) in [6, 6.07) is 7.52. The Hall–Kier alpha value is -2.12. The number of aryl methyl sites for hydroxylation is 3. The predicted octanol–water partition coefficient (Wildman–Crippen LogP) is 2.83. The molecule has 146 valence electrons. The van der Waals surface area contributed by atoms with Crippen LogP contribution in [0.5, 0.6) is 0 Å². The number of carbonyl (C=O) groups is 1. The first kappa shape index (κ1) is 19.6. The maximum Gasteiger partial charge on any atom is 0.238 e. The van der Waals surface area contributed by atoms with Gasteiger partial charge in [-0.2, -0.15) is 0 Å². The van der Waals surface area contributed by atoms with Crippen LogP contribution in [-0.2, 0) is 21.2 Å². The lowest BCUT2D eigenvalue weighted by Gasteiger charge is -2.26. The average molecular weight is 391 g/mol. The smallest absolute Gasteiger partial charge is 0.238 e. The molecule has 0 spiro atoms. The fraction of sp³-hybridized carbons (Fsp3) is 0.450. The zero-order valence-electron chi connectivity index (χ0n) is 16.0. The van der Waals surface area contributed by atoms with Gasteiger partial charge >= 0.3 is 0 Å². The number of carbonyl (C=O) groups excluding carboxylic acids is 1. The minimum absolute atomic E-state index is 0.0869. The van der Waals surface area contributed by atoms with E-state index in [1.807, 2.05) is 43.9 Å². The number of nitrogens with zero attached hydrogens (tertiary/aromatic N) is 1. The molecule has 0 bridgehead atoms. The average Bonchev–Trinajstić information content (AvgIpc) is 3.19. The van der Waals surface area contributed by atoms with E-state index in [1.54, 1.807) is 12.3 Å². The van der Waals surface area contributed by atoms with Gasteiger partial charge in [0.15, 0.2) is 9.84 Å². The largest absolute Gasteiger partial charge is 0.468 e. The van der Waals surface area contributed by atoms with E-state index < -0.39 is 9.84 Å². The molecule has 3 rings (SSSR count). The molecular formula is C20H26N2O4S. The van der Waals surface area contributed by atoms with Crippen LogP contribution in [0.4, 0.5) is 5.69 Å². The molecule has 0 radical (unpaired) electrons. The van der Waals surface area contributed by atoms with Gasteiger partial charge in [-0.05, 0) is 50.5 Å². The Balaban J connectivity index is 1.74. The van der Waals surface area contributed by atoms with Crippen LogP contribution in [0.2, 0.25) is 0 Å². The molecular weight excluding hydrogens is 364 g/mol. The van der Waals surface area contributed by atoms with E-state index in [1.165, 1.54) is 0 Å². The Morgan fingerprint density at radius 3 is 2.52 bits per heavy atom. The zero-order chi connectivity index (χ0) is 19.6. The molecule has 1 N–H and O–H groups in total. The third-order valence-electron chi connectivity index (χ3n) is 4.95. The quantitative estimate of drug-likeness (QED) is 0.820. The van der Waals surface area contributed by atoms with Crippen molar-refractivity contribution in [3.63, 3.8) is 0 Å². The molecule has 2 heterocycles. The highest BCUT2D eigenvalue weighted by atomic mass is 32.2. The topological polar surface area (TPSA) is 79.6 Å². The number of furan rings is 1. The van der Waals surface area contributed by atoms with Gasteiger partial charge in [0.1, 0.15) is 5.76 Å². The van der Waals surface area contributed by atoms with Crippen molar-refractivity contribution in [2.75, 3.05) is 23.4 Å². The summed E-state index contributed by atoms with van der Waals surface area (Å²) in [7, 11) is -3.04. The Morgan fingerprint density at radius 2 is 1.96 bits per heavy atom. The molecule has 1 aromatic heterocycles. The van der Waals surface area contributed by atoms with Gasteiger partial charge in [-0.3, -0.25) is 9.69 Å². The normalized spacial score (nSPS) is 18.7. The Bertz CT molecular complexity index is 896. The van der Waals surface area contributed by atoms with Crippen LogP contribution < -0.4 is 5.32 Å². The maximum absolute atomic E-state index is 12.7. The second kappa shape index (κ2) is 7.86. The summed E-state index contributed by atoms with van der Waals surface area (Å²) in [6.45, 7) is 6.50. The molecule has 7 heteroatoms. The van der Waals surface area contributed by atoms with Crippen LogP contribution in [-0.4, -0.2) is 43.3 Å². The van der Waals surface area contributed by atoms with Gasteiger partial charge < -0.3 is 9.73 Å². The number of nitrogens with one attached hydrogen (secondary N) is 1. The highest BCUT2D eigenvalue weighted by molar-refractivity contribution is 7.91. The first-order valence-corrected chi connectivity index (χ1v) is 10.9. The number of hydrogen-bond donors (Lipinski definition) is 1.